The lowest BCUT2D eigenvalue weighted by Gasteiger charge is -2.10. The van der Waals surface area contributed by atoms with Crippen molar-refractivity contribution < 1.29 is 0 Å². The molecule has 1 rings (SSSR count). The maximum absolute atomic E-state index is 4.51. The number of nitrogens with one attached hydrogen (secondary N) is 2. The highest BCUT2D eigenvalue weighted by Crippen LogP contribution is 1.97. The van der Waals surface area contributed by atoms with Crippen molar-refractivity contribution in [3.8, 4) is 0 Å². The summed E-state index contributed by atoms with van der Waals surface area (Å²) < 4.78 is 1.88. The fourth-order valence-corrected chi connectivity index (χ4v) is 1.70. The third kappa shape index (κ3) is 7.66. The summed E-state index contributed by atoms with van der Waals surface area (Å²) >= 11 is 0. The van der Waals surface area contributed by atoms with Crippen LogP contribution in [0.2, 0.25) is 0 Å². The fraction of sp³-hybridized carbons (Fsp3) is 0.769. The van der Waals surface area contributed by atoms with Crippen LogP contribution >= 0.6 is 24.0 Å². The van der Waals surface area contributed by atoms with Gasteiger partial charge in [-0.05, 0) is 13.3 Å². The predicted octanol–water partition coefficient (Wildman–Crippen LogP) is 2.07. The third-order valence-corrected chi connectivity index (χ3v) is 2.85. The van der Waals surface area contributed by atoms with E-state index in [0.717, 1.165) is 24.9 Å². The largest absolute Gasteiger partial charge is 0.357 e. The van der Waals surface area contributed by atoms with E-state index in [-0.39, 0.29) is 24.0 Å². The molecule has 0 amide bonds. The molecule has 0 radical (unpaired) electrons. The number of nitrogens with zero attached hydrogens (tertiary/aromatic N) is 4. The molecule has 0 saturated heterocycles. The monoisotopic (exact) mass is 394 g/mol. The topological polar surface area (TPSA) is 67.1 Å². The summed E-state index contributed by atoms with van der Waals surface area (Å²) in [6.07, 6.45) is 6.71. The highest BCUT2D eigenvalue weighted by molar-refractivity contribution is 14.0. The summed E-state index contributed by atoms with van der Waals surface area (Å²) in [4.78, 5) is 4.51. The molecular weight excluding hydrogens is 367 g/mol. The van der Waals surface area contributed by atoms with Gasteiger partial charge in [0.15, 0.2) is 11.8 Å². The van der Waals surface area contributed by atoms with E-state index in [9.17, 15) is 0 Å². The van der Waals surface area contributed by atoms with Gasteiger partial charge in [-0.2, -0.15) is 0 Å². The van der Waals surface area contributed by atoms with Gasteiger partial charge in [-0.3, -0.25) is 0 Å². The highest BCUT2D eigenvalue weighted by Gasteiger charge is 2.01. The molecule has 2 N–H and O–H groups in total. The number of hydrogen-bond acceptors (Lipinski definition) is 3. The van der Waals surface area contributed by atoms with Crippen LogP contribution in [0.15, 0.2) is 11.3 Å². The summed E-state index contributed by atoms with van der Waals surface area (Å²) in [5.41, 5.74) is 0. The minimum atomic E-state index is 0. The van der Waals surface area contributed by atoms with Crippen LogP contribution in [0.3, 0.4) is 0 Å². The van der Waals surface area contributed by atoms with Crippen LogP contribution in [0.25, 0.3) is 0 Å². The molecule has 0 atom stereocenters. The van der Waals surface area contributed by atoms with Gasteiger partial charge < -0.3 is 15.2 Å². The number of halogens is 1. The van der Waals surface area contributed by atoms with E-state index in [1.807, 2.05) is 11.6 Å². The van der Waals surface area contributed by atoms with E-state index < -0.39 is 0 Å². The molecule has 116 valence electrons. The SMILES string of the molecule is CCCCCCNC(=NCc1nncn1C)NCC.I. The average molecular weight is 394 g/mol. The first-order valence-electron chi connectivity index (χ1n) is 7.13. The van der Waals surface area contributed by atoms with Crippen molar-refractivity contribution in [2.45, 2.75) is 46.1 Å². The molecule has 0 aliphatic rings. The molecule has 6 nitrogen and oxygen atoms in total. The van der Waals surface area contributed by atoms with Crippen molar-refractivity contribution in [1.29, 1.82) is 0 Å². The van der Waals surface area contributed by atoms with Crippen molar-refractivity contribution >= 4 is 29.9 Å². The Bertz CT molecular complexity index is 377. The number of aryl methyl sites for hydroxylation is 1. The minimum Gasteiger partial charge on any atom is -0.357 e. The fourth-order valence-electron chi connectivity index (χ4n) is 1.70. The van der Waals surface area contributed by atoms with Crippen LogP contribution in [-0.4, -0.2) is 33.8 Å². The number of rotatable bonds is 8. The first-order chi connectivity index (χ1) is 9.27. The van der Waals surface area contributed by atoms with E-state index in [2.05, 4.69) is 39.7 Å². The zero-order chi connectivity index (χ0) is 13.9. The molecule has 1 aromatic rings. The van der Waals surface area contributed by atoms with Gasteiger partial charge in [0.25, 0.3) is 0 Å². The highest BCUT2D eigenvalue weighted by atomic mass is 127. The van der Waals surface area contributed by atoms with Crippen molar-refractivity contribution in [1.82, 2.24) is 25.4 Å². The van der Waals surface area contributed by atoms with Crippen LogP contribution in [-0.2, 0) is 13.6 Å². The van der Waals surface area contributed by atoms with Gasteiger partial charge in [0.1, 0.15) is 12.9 Å². The summed E-state index contributed by atoms with van der Waals surface area (Å²) in [5, 5.41) is 14.4. The molecular formula is C13H27IN6. The lowest BCUT2D eigenvalue weighted by molar-refractivity contribution is 0.646. The first-order valence-corrected chi connectivity index (χ1v) is 7.13. The number of guanidine groups is 1. The van der Waals surface area contributed by atoms with Crippen molar-refractivity contribution in [3.63, 3.8) is 0 Å². The molecule has 7 heteroatoms. The summed E-state index contributed by atoms with van der Waals surface area (Å²) in [6.45, 7) is 6.65. The standard InChI is InChI=1S/C13H26N6.HI/c1-4-6-7-8-9-15-13(14-5-2)16-10-12-18-17-11-19(12)3;/h11H,4-10H2,1-3H3,(H2,14,15,16);1H. The Labute approximate surface area is 138 Å². The Hall–Kier alpha value is -0.860. The van der Waals surface area contributed by atoms with Gasteiger partial charge in [-0.25, -0.2) is 4.99 Å². The molecule has 0 saturated carbocycles. The van der Waals surface area contributed by atoms with Gasteiger partial charge in [0.2, 0.25) is 0 Å². The lowest BCUT2D eigenvalue weighted by Crippen LogP contribution is -2.37. The van der Waals surface area contributed by atoms with Gasteiger partial charge in [-0.15, -0.1) is 34.2 Å². The second-order valence-electron chi connectivity index (χ2n) is 4.54. The van der Waals surface area contributed by atoms with Crippen molar-refractivity contribution in [2.24, 2.45) is 12.0 Å². The Kier molecular flexibility index (Phi) is 11.4. The second kappa shape index (κ2) is 11.9. The maximum atomic E-state index is 4.51. The molecule has 0 aliphatic heterocycles. The molecule has 1 heterocycles. The molecule has 0 fully saturated rings. The van der Waals surface area contributed by atoms with Crippen LogP contribution in [0.1, 0.15) is 45.4 Å². The first kappa shape index (κ1) is 19.1. The Morgan fingerprint density at radius 1 is 1.25 bits per heavy atom. The quantitative estimate of drug-likeness (QED) is 0.307. The lowest BCUT2D eigenvalue weighted by atomic mass is 10.2. The molecule has 0 spiro atoms. The molecule has 1 aromatic heterocycles. The zero-order valence-corrected chi connectivity index (χ0v) is 15.1. The molecule has 0 aliphatic carbocycles. The summed E-state index contributed by atoms with van der Waals surface area (Å²) in [5.74, 6) is 1.71. The number of aromatic nitrogens is 3. The third-order valence-electron chi connectivity index (χ3n) is 2.85. The summed E-state index contributed by atoms with van der Waals surface area (Å²) in [6, 6.07) is 0. The smallest absolute Gasteiger partial charge is 0.191 e. The predicted molar refractivity (Wildman–Crippen MR) is 93.4 cm³/mol. The maximum Gasteiger partial charge on any atom is 0.191 e. The minimum absolute atomic E-state index is 0. The second-order valence-corrected chi connectivity index (χ2v) is 4.54. The van der Waals surface area contributed by atoms with Gasteiger partial charge in [-0.1, -0.05) is 26.2 Å². The Morgan fingerprint density at radius 2 is 2.05 bits per heavy atom. The Balaban J connectivity index is 0.00000361. The van der Waals surface area contributed by atoms with E-state index in [1.54, 1.807) is 6.33 Å². The summed E-state index contributed by atoms with van der Waals surface area (Å²) in [7, 11) is 1.93. The number of unbranched alkanes of at least 4 members (excludes halogenated alkanes) is 3. The number of hydrogen-bond donors (Lipinski definition) is 2. The van der Waals surface area contributed by atoms with E-state index >= 15 is 0 Å². The number of aliphatic imine (C=N–C) groups is 1. The van der Waals surface area contributed by atoms with Crippen LogP contribution in [0.5, 0.6) is 0 Å². The van der Waals surface area contributed by atoms with E-state index in [0.29, 0.717) is 6.54 Å². The van der Waals surface area contributed by atoms with Crippen LogP contribution in [0.4, 0.5) is 0 Å². The van der Waals surface area contributed by atoms with Gasteiger partial charge in [0, 0.05) is 20.1 Å². The van der Waals surface area contributed by atoms with Crippen molar-refractivity contribution in [3.05, 3.63) is 12.2 Å². The van der Waals surface area contributed by atoms with Crippen LogP contribution < -0.4 is 10.6 Å². The molecule has 0 bridgehead atoms. The van der Waals surface area contributed by atoms with Gasteiger partial charge in [0.05, 0.1) is 0 Å². The normalized spacial score (nSPS) is 11.1. The van der Waals surface area contributed by atoms with E-state index in [4.69, 9.17) is 0 Å². The van der Waals surface area contributed by atoms with E-state index in [1.165, 1.54) is 25.7 Å². The van der Waals surface area contributed by atoms with Crippen molar-refractivity contribution in [2.75, 3.05) is 13.1 Å². The Morgan fingerprint density at radius 3 is 2.65 bits per heavy atom. The zero-order valence-electron chi connectivity index (χ0n) is 12.7. The molecule has 0 unspecified atom stereocenters. The van der Waals surface area contributed by atoms with Gasteiger partial charge >= 0.3 is 0 Å². The molecule has 0 aromatic carbocycles. The average Bonchev–Trinajstić information content (AvgIpc) is 2.81. The molecule has 20 heavy (non-hydrogen) atoms. The van der Waals surface area contributed by atoms with Crippen LogP contribution in [0, 0.1) is 0 Å².